The number of carbonyl (C=O) groups excluding carboxylic acids is 1. The molecule has 2 nitrogen and oxygen atoms in total. The second-order valence-corrected chi connectivity index (χ2v) is 2.99. The molecule has 1 rings (SSSR count). The summed E-state index contributed by atoms with van der Waals surface area (Å²) >= 11 is 0. The van der Waals surface area contributed by atoms with Crippen molar-refractivity contribution in [2.45, 2.75) is 6.18 Å². The molecule has 86 valence electrons. The first kappa shape index (κ1) is 12.3. The molecule has 0 heterocycles. The van der Waals surface area contributed by atoms with Crippen molar-refractivity contribution in [3.63, 3.8) is 0 Å². The van der Waals surface area contributed by atoms with Crippen molar-refractivity contribution < 1.29 is 22.7 Å². The van der Waals surface area contributed by atoms with E-state index in [2.05, 4.69) is 4.74 Å². The van der Waals surface area contributed by atoms with E-state index in [1.807, 2.05) is 0 Å². The number of halogens is 3. The van der Waals surface area contributed by atoms with Crippen LogP contribution in [0.5, 0.6) is 0 Å². The molecule has 0 aliphatic heterocycles. The van der Waals surface area contributed by atoms with Crippen LogP contribution in [0, 0.1) is 0 Å². The number of alkyl halides is 3. The van der Waals surface area contributed by atoms with Crippen molar-refractivity contribution in [3.05, 3.63) is 41.5 Å². The maximum Gasteiger partial charge on any atom is 0.409 e. The zero-order chi connectivity index (χ0) is 12.2. The molecule has 0 aliphatic rings. The Bertz CT molecular complexity index is 391. The van der Waals surface area contributed by atoms with E-state index in [0.717, 1.165) is 6.08 Å². The molecule has 0 aliphatic carbocycles. The zero-order valence-electron chi connectivity index (χ0n) is 8.41. The van der Waals surface area contributed by atoms with Crippen LogP contribution in [-0.2, 0) is 4.74 Å². The highest BCUT2D eigenvalue weighted by atomic mass is 19.4. The average Bonchev–Trinajstić information content (AvgIpc) is 2.25. The molecule has 0 radical (unpaired) electrons. The third-order valence-electron chi connectivity index (χ3n) is 1.80. The fourth-order valence-electron chi connectivity index (χ4n) is 1.04. The predicted molar refractivity (Wildman–Crippen MR) is 52.9 cm³/mol. The summed E-state index contributed by atoms with van der Waals surface area (Å²) in [6.07, 6.45) is -3.26. The molecule has 5 heteroatoms. The van der Waals surface area contributed by atoms with Gasteiger partial charge in [-0.2, -0.15) is 13.2 Å². The van der Waals surface area contributed by atoms with Crippen molar-refractivity contribution >= 4 is 12.0 Å². The highest BCUT2D eigenvalue weighted by molar-refractivity contribution is 5.89. The van der Waals surface area contributed by atoms with Gasteiger partial charge in [0.05, 0.1) is 12.7 Å². The number of ether oxygens (including phenoxy) is 1. The van der Waals surface area contributed by atoms with E-state index >= 15 is 0 Å². The van der Waals surface area contributed by atoms with Gasteiger partial charge in [-0.1, -0.05) is 18.2 Å². The monoisotopic (exact) mass is 230 g/mol. The van der Waals surface area contributed by atoms with Gasteiger partial charge in [-0.25, -0.2) is 4.79 Å². The number of allylic oxidation sites excluding steroid dienone is 1. The lowest BCUT2D eigenvalue weighted by Gasteiger charge is -2.00. The van der Waals surface area contributed by atoms with Crippen LogP contribution in [0.4, 0.5) is 13.2 Å². The zero-order valence-corrected chi connectivity index (χ0v) is 8.41. The third kappa shape index (κ3) is 3.76. The first-order valence-corrected chi connectivity index (χ1v) is 4.37. The smallest absolute Gasteiger partial charge is 0.409 e. The molecule has 16 heavy (non-hydrogen) atoms. The quantitative estimate of drug-likeness (QED) is 0.730. The highest BCUT2D eigenvalue weighted by Gasteiger charge is 2.21. The lowest BCUT2D eigenvalue weighted by molar-refractivity contribution is -0.0790. The van der Waals surface area contributed by atoms with Gasteiger partial charge < -0.3 is 4.74 Å². The summed E-state index contributed by atoms with van der Waals surface area (Å²) in [5.74, 6) is -0.522. The number of benzene rings is 1. The predicted octanol–water partition coefficient (Wildman–Crippen LogP) is 3.05. The molecule has 0 fully saturated rings. The molecule has 0 N–H and O–H groups in total. The molecule has 1 aromatic carbocycles. The second-order valence-electron chi connectivity index (χ2n) is 2.99. The summed E-state index contributed by atoms with van der Waals surface area (Å²) in [5.41, 5.74) is 0.664. The van der Waals surface area contributed by atoms with E-state index < -0.39 is 12.1 Å². The van der Waals surface area contributed by atoms with Gasteiger partial charge in [0.25, 0.3) is 0 Å². The lowest BCUT2D eigenvalue weighted by Crippen LogP contribution is -2.01. The summed E-state index contributed by atoms with van der Waals surface area (Å²) in [7, 11) is 1.24. The third-order valence-corrected chi connectivity index (χ3v) is 1.80. The minimum atomic E-state index is -4.33. The Morgan fingerprint density at radius 2 is 1.81 bits per heavy atom. The Hall–Kier alpha value is -1.78. The minimum absolute atomic E-state index is 0.139. The molecule has 0 saturated carbocycles. The summed E-state index contributed by atoms with van der Waals surface area (Å²) < 4.78 is 40.0. The maximum atomic E-state index is 11.8. The van der Waals surface area contributed by atoms with Crippen molar-refractivity contribution in [1.29, 1.82) is 0 Å². The van der Waals surface area contributed by atoms with Crippen LogP contribution in [0.2, 0.25) is 0 Å². The fraction of sp³-hybridized carbons (Fsp3) is 0.182. The van der Waals surface area contributed by atoms with Crippen LogP contribution >= 0.6 is 0 Å². The topological polar surface area (TPSA) is 26.3 Å². The normalized spacial score (nSPS) is 11.8. The van der Waals surface area contributed by atoms with Crippen LogP contribution in [0.25, 0.3) is 6.08 Å². The average molecular weight is 230 g/mol. The van der Waals surface area contributed by atoms with Gasteiger partial charge >= 0.3 is 12.1 Å². The van der Waals surface area contributed by atoms with Crippen LogP contribution in [0.1, 0.15) is 15.9 Å². The minimum Gasteiger partial charge on any atom is -0.465 e. The Labute approximate surface area is 90.3 Å². The van der Waals surface area contributed by atoms with Gasteiger partial charge in [0, 0.05) is 6.08 Å². The Balaban J connectivity index is 2.80. The van der Waals surface area contributed by atoms with Gasteiger partial charge in [-0.3, -0.25) is 0 Å². The number of carbonyl (C=O) groups is 1. The van der Waals surface area contributed by atoms with Crippen molar-refractivity contribution in [1.82, 2.24) is 0 Å². The number of hydrogen-bond acceptors (Lipinski definition) is 2. The molecule has 0 aromatic heterocycles. The Morgan fingerprint density at radius 1 is 1.25 bits per heavy atom. The molecule has 0 amide bonds. The van der Waals surface area contributed by atoms with Gasteiger partial charge in [0.2, 0.25) is 0 Å². The van der Waals surface area contributed by atoms with Gasteiger partial charge in [-0.05, 0) is 17.7 Å². The van der Waals surface area contributed by atoms with E-state index in [4.69, 9.17) is 0 Å². The molecule has 0 atom stereocenters. The van der Waals surface area contributed by atoms with Crippen LogP contribution < -0.4 is 0 Å². The van der Waals surface area contributed by atoms with Gasteiger partial charge in [-0.15, -0.1) is 0 Å². The maximum absolute atomic E-state index is 11.8. The first-order chi connectivity index (χ1) is 7.42. The molecule has 0 spiro atoms. The molecule has 0 unspecified atom stereocenters. The Morgan fingerprint density at radius 3 is 2.25 bits per heavy atom. The molecule has 0 bridgehead atoms. The fourth-order valence-corrected chi connectivity index (χ4v) is 1.04. The lowest BCUT2D eigenvalue weighted by atomic mass is 10.1. The van der Waals surface area contributed by atoms with E-state index in [1.165, 1.54) is 31.4 Å². The largest absolute Gasteiger partial charge is 0.465 e. The second kappa shape index (κ2) is 4.83. The van der Waals surface area contributed by atoms with E-state index in [9.17, 15) is 18.0 Å². The first-order valence-electron chi connectivity index (χ1n) is 4.37. The van der Waals surface area contributed by atoms with Gasteiger partial charge in [0.1, 0.15) is 0 Å². The van der Waals surface area contributed by atoms with Crippen molar-refractivity contribution in [2.75, 3.05) is 7.11 Å². The highest BCUT2D eigenvalue weighted by Crippen LogP contribution is 2.18. The van der Waals surface area contributed by atoms with Gasteiger partial charge in [0.15, 0.2) is 0 Å². The van der Waals surface area contributed by atoms with E-state index in [-0.39, 0.29) is 6.08 Å². The van der Waals surface area contributed by atoms with E-state index in [1.54, 1.807) is 0 Å². The summed E-state index contributed by atoms with van der Waals surface area (Å²) in [5, 5.41) is 0. The number of methoxy groups -OCH3 is 1. The molecular weight excluding hydrogens is 221 g/mol. The Kier molecular flexibility index (Phi) is 3.71. The summed E-state index contributed by atoms with van der Waals surface area (Å²) in [4.78, 5) is 11.0. The van der Waals surface area contributed by atoms with Crippen LogP contribution in [-0.4, -0.2) is 19.3 Å². The van der Waals surface area contributed by atoms with Crippen LogP contribution in [0.15, 0.2) is 30.3 Å². The number of hydrogen-bond donors (Lipinski definition) is 0. The molecular formula is C11H9F3O2. The van der Waals surface area contributed by atoms with Crippen molar-refractivity contribution in [3.8, 4) is 0 Å². The van der Waals surface area contributed by atoms with Crippen molar-refractivity contribution in [2.24, 2.45) is 0 Å². The SMILES string of the molecule is COC(=O)c1ccc(/C=C/C(F)(F)F)cc1. The molecule has 0 saturated heterocycles. The summed E-state index contributed by atoms with van der Waals surface area (Å²) in [6.45, 7) is 0. The standard InChI is InChI=1S/C11H9F3O2/c1-16-10(15)9-4-2-8(3-5-9)6-7-11(12,13)14/h2-7H,1H3/b7-6+. The number of esters is 1. The van der Waals surface area contributed by atoms with Crippen LogP contribution in [0.3, 0.4) is 0 Å². The number of rotatable bonds is 2. The molecule has 1 aromatic rings. The van der Waals surface area contributed by atoms with E-state index in [0.29, 0.717) is 11.1 Å². The summed E-state index contributed by atoms with van der Waals surface area (Å²) in [6, 6.07) is 5.63.